The fourth-order valence-corrected chi connectivity index (χ4v) is 2.47. The normalized spacial score (nSPS) is 16.4. The Labute approximate surface area is 122 Å². The van der Waals surface area contributed by atoms with E-state index in [2.05, 4.69) is 39.3 Å². The third-order valence-corrected chi connectivity index (χ3v) is 3.70. The first-order chi connectivity index (χ1) is 9.69. The van der Waals surface area contributed by atoms with Crippen LogP contribution in [-0.2, 0) is 0 Å². The fraction of sp³-hybridized carbons (Fsp3) is 0.733. The molecule has 0 atom stereocenters. The van der Waals surface area contributed by atoms with Gasteiger partial charge in [0.2, 0.25) is 0 Å². The Morgan fingerprint density at radius 1 is 1.15 bits per heavy atom. The molecular formula is C15H27N5. The molecule has 0 aliphatic carbocycles. The second kappa shape index (κ2) is 7.43. The molecule has 20 heavy (non-hydrogen) atoms. The van der Waals surface area contributed by atoms with Gasteiger partial charge in [-0.1, -0.05) is 20.3 Å². The Morgan fingerprint density at radius 3 is 2.50 bits per heavy atom. The van der Waals surface area contributed by atoms with Crippen LogP contribution in [0.5, 0.6) is 0 Å². The lowest BCUT2D eigenvalue weighted by atomic mass is 10.1. The standard InChI is InChI=1S/C15H27N5/c1-12(2)15-18-13(16-3)11-14(19-15)17-7-10-20-8-5-4-6-9-20/h11-12H,4-10H2,1-3H3,(H2,16,17,18,19). The molecule has 1 saturated heterocycles. The highest BCUT2D eigenvalue weighted by Gasteiger charge is 2.10. The van der Waals surface area contributed by atoms with Gasteiger partial charge < -0.3 is 15.5 Å². The van der Waals surface area contributed by atoms with Crippen LogP contribution in [0.1, 0.15) is 44.9 Å². The van der Waals surface area contributed by atoms with Crippen molar-refractivity contribution in [3.05, 3.63) is 11.9 Å². The second-order valence-electron chi connectivity index (χ2n) is 5.73. The van der Waals surface area contributed by atoms with E-state index in [1.807, 2.05) is 13.1 Å². The fourth-order valence-electron chi connectivity index (χ4n) is 2.47. The van der Waals surface area contributed by atoms with Crippen LogP contribution in [-0.4, -0.2) is 48.1 Å². The van der Waals surface area contributed by atoms with Gasteiger partial charge in [0.05, 0.1) is 0 Å². The Morgan fingerprint density at radius 2 is 1.85 bits per heavy atom. The molecule has 5 heteroatoms. The highest BCUT2D eigenvalue weighted by atomic mass is 15.2. The van der Waals surface area contributed by atoms with E-state index in [0.29, 0.717) is 5.92 Å². The van der Waals surface area contributed by atoms with E-state index >= 15 is 0 Å². The molecule has 0 radical (unpaired) electrons. The molecular weight excluding hydrogens is 250 g/mol. The molecule has 0 saturated carbocycles. The molecule has 5 nitrogen and oxygen atoms in total. The van der Waals surface area contributed by atoms with E-state index in [0.717, 1.165) is 30.5 Å². The van der Waals surface area contributed by atoms with Gasteiger partial charge in [0.1, 0.15) is 17.5 Å². The number of piperidine rings is 1. The molecule has 1 aromatic heterocycles. The zero-order valence-corrected chi connectivity index (χ0v) is 12.9. The summed E-state index contributed by atoms with van der Waals surface area (Å²) in [6.07, 6.45) is 4.07. The molecule has 1 fully saturated rings. The Hall–Kier alpha value is -1.36. The summed E-state index contributed by atoms with van der Waals surface area (Å²) in [5.41, 5.74) is 0. The lowest BCUT2D eigenvalue weighted by Crippen LogP contribution is -2.33. The van der Waals surface area contributed by atoms with Gasteiger partial charge in [0.25, 0.3) is 0 Å². The molecule has 0 spiro atoms. The van der Waals surface area contributed by atoms with Gasteiger partial charge >= 0.3 is 0 Å². The van der Waals surface area contributed by atoms with Gasteiger partial charge in [0, 0.05) is 32.1 Å². The predicted molar refractivity (Wildman–Crippen MR) is 84.4 cm³/mol. The molecule has 1 aromatic rings. The third kappa shape index (κ3) is 4.34. The highest BCUT2D eigenvalue weighted by molar-refractivity contribution is 5.47. The van der Waals surface area contributed by atoms with Crippen LogP contribution in [0.25, 0.3) is 0 Å². The molecule has 112 valence electrons. The molecule has 0 amide bonds. The van der Waals surface area contributed by atoms with E-state index in [1.54, 1.807) is 0 Å². The summed E-state index contributed by atoms with van der Waals surface area (Å²) < 4.78 is 0. The van der Waals surface area contributed by atoms with Crippen LogP contribution in [0.4, 0.5) is 11.6 Å². The maximum Gasteiger partial charge on any atom is 0.135 e. The third-order valence-electron chi connectivity index (χ3n) is 3.70. The summed E-state index contributed by atoms with van der Waals surface area (Å²) >= 11 is 0. The smallest absolute Gasteiger partial charge is 0.135 e. The summed E-state index contributed by atoms with van der Waals surface area (Å²) in [6.45, 7) is 8.75. The molecule has 2 heterocycles. The van der Waals surface area contributed by atoms with E-state index in [-0.39, 0.29) is 0 Å². The number of anilines is 2. The summed E-state index contributed by atoms with van der Waals surface area (Å²) in [6, 6.07) is 1.97. The highest BCUT2D eigenvalue weighted by Crippen LogP contribution is 2.16. The molecule has 2 rings (SSSR count). The van der Waals surface area contributed by atoms with Crippen LogP contribution in [0.3, 0.4) is 0 Å². The number of rotatable bonds is 6. The minimum Gasteiger partial charge on any atom is -0.373 e. The Bertz CT molecular complexity index is 413. The zero-order valence-electron chi connectivity index (χ0n) is 12.9. The topological polar surface area (TPSA) is 53.1 Å². The van der Waals surface area contributed by atoms with Crippen molar-refractivity contribution in [2.75, 3.05) is 43.9 Å². The van der Waals surface area contributed by atoms with Gasteiger partial charge in [-0.15, -0.1) is 0 Å². The zero-order chi connectivity index (χ0) is 14.4. The van der Waals surface area contributed by atoms with Crippen molar-refractivity contribution >= 4 is 11.6 Å². The molecule has 2 N–H and O–H groups in total. The van der Waals surface area contributed by atoms with Crippen LogP contribution < -0.4 is 10.6 Å². The van der Waals surface area contributed by atoms with Crippen molar-refractivity contribution in [2.45, 2.75) is 39.0 Å². The Balaban J connectivity index is 1.89. The Kier molecular flexibility index (Phi) is 5.59. The number of hydrogen-bond acceptors (Lipinski definition) is 5. The van der Waals surface area contributed by atoms with Crippen LogP contribution in [0.15, 0.2) is 6.07 Å². The first-order valence-corrected chi connectivity index (χ1v) is 7.72. The summed E-state index contributed by atoms with van der Waals surface area (Å²) in [5.74, 6) is 3.03. The number of hydrogen-bond donors (Lipinski definition) is 2. The monoisotopic (exact) mass is 277 g/mol. The van der Waals surface area contributed by atoms with Gasteiger partial charge in [-0.25, -0.2) is 9.97 Å². The number of aromatic nitrogens is 2. The molecule has 0 aromatic carbocycles. The van der Waals surface area contributed by atoms with Gasteiger partial charge in [-0.05, 0) is 25.9 Å². The van der Waals surface area contributed by atoms with E-state index in [1.165, 1.54) is 32.4 Å². The maximum absolute atomic E-state index is 4.58. The minimum atomic E-state index is 0.339. The summed E-state index contributed by atoms with van der Waals surface area (Å²) in [5, 5.41) is 6.53. The van der Waals surface area contributed by atoms with Crippen LogP contribution >= 0.6 is 0 Å². The maximum atomic E-state index is 4.58. The molecule has 1 aliphatic rings. The van der Waals surface area contributed by atoms with Crippen molar-refractivity contribution in [3.63, 3.8) is 0 Å². The number of likely N-dealkylation sites (tertiary alicyclic amines) is 1. The quantitative estimate of drug-likeness (QED) is 0.837. The largest absolute Gasteiger partial charge is 0.373 e. The first-order valence-electron chi connectivity index (χ1n) is 7.72. The molecule has 0 bridgehead atoms. The SMILES string of the molecule is CNc1cc(NCCN2CCCCC2)nc(C(C)C)n1. The summed E-state index contributed by atoms with van der Waals surface area (Å²) in [7, 11) is 1.89. The second-order valence-corrected chi connectivity index (χ2v) is 5.73. The average Bonchev–Trinajstić information content (AvgIpc) is 2.48. The van der Waals surface area contributed by atoms with Gasteiger partial charge in [-0.3, -0.25) is 0 Å². The minimum absolute atomic E-state index is 0.339. The summed E-state index contributed by atoms with van der Waals surface area (Å²) in [4.78, 5) is 11.6. The lowest BCUT2D eigenvalue weighted by Gasteiger charge is -2.26. The van der Waals surface area contributed by atoms with Crippen molar-refractivity contribution in [1.82, 2.24) is 14.9 Å². The van der Waals surface area contributed by atoms with Crippen molar-refractivity contribution < 1.29 is 0 Å². The predicted octanol–water partition coefficient (Wildman–Crippen LogP) is 2.54. The van der Waals surface area contributed by atoms with Crippen LogP contribution in [0.2, 0.25) is 0 Å². The molecule has 1 aliphatic heterocycles. The van der Waals surface area contributed by atoms with Crippen molar-refractivity contribution in [1.29, 1.82) is 0 Å². The average molecular weight is 277 g/mol. The van der Waals surface area contributed by atoms with Crippen LogP contribution in [0, 0.1) is 0 Å². The van der Waals surface area contributed by atoms with Crippen molar-refractivity contribution in [3.8, 4) is 0 Å². The first kappa shape index (κ1) is 15.0. The van der Waals surface area contributed by atoms with E-state index in [4.69, 9.17) is 0 Å². The van der Waals surface area contributed by atoms with E-state index < -0.39 is 0 Å². The number of nitrogens with one attached hydrogen (secondary N) is 2. The van der Waals surface area contributed by atoms with Gasteiger partial charge in [0.15, 0.2) is 0 Å². The number of nitrogens with zero attached hydrogens (tertiary/aromatic N) is 3. The molecule has 0 unspecified atom stereocenters. The lowest BCUT2D eigenvalue weighted by molar-refractivity contribution is 0.237. The van der Waals surface area contributed by atoms with Gasteiger partial charge in [-0.2, -0.15) is 0 Å². The van der Waals surface area contributed by atoms with E-state index in [9.17, 15) is 0 Å². The van der Waals surface area contributed by atoms with Crippen molar-refractivity contribution in [2.24, 2.45) is 0 Å².